The van der Waals surface area contributed by atoms with Gasteiger partial charge < -0.3 is 14.8 Å². The summed E-state index contributed by atoms with van der Waals surface area (Å²) in [6.45, 7) is 6.49. The molecule has 0 radical (unpaired) electrons. The van der Waals surface area contributed by atoms with Crippen molar-refractivity contribution in [1.82, 2.24) is 4.98 Å². The molecule has 28 heavy (non-hydrogen) atoms. The SMILES string of the molecule is CC(C)OC(OC(C)C)C1(C(F)(F)F)c2cc(F)ccc2Nc2ncccc21. The van der Waals surface area contributed by atoms with E-state index < -0.39 is 35.9 Å². The summed E-state index contributed by atoms with van der Waals surface area (Å²) in [5, 5.41) is 2.87. The molecule has 0 bridgehead atoms. The number of halogens is 4. The zero-order valence-electron chi connectivity index (χ0n) is 16.0. The van der Waals surface area contributed by atoms with Gasteiger partial charge in [0.15, 0.2) is 11.7 Å². The molecule has 3 rings (SSSR count). The van der Waals surface area contributed by atoms with Crippen molar-refractivity contribution in [3.63, 3.8) is 0 Å². The largest absolute Gasteiger partial charge is 0.407 e. The molecule has 8 heteroatoms. The van der Waals surface area contributed by atoms with Gasteiger partial charge >= 0.3 is 6.18 Å². The third kappa shape index (κ3) is 3.35. The van der Waals surface area contributed by atoms with Crippen molar-refractivity contribution in [3.05, 3.63) is 53.5 Å². The number of benzene rings is 1. The molecule has 1 unspecified atom stereocenters. The van der Waals surface area contributed by atoms with Crippen molar-refractivity contribution in [2.75, 3.05) is 5.32 Å². The molecule has 0 amide bonds. The molecule has 1 atom stereocenters. The van der Waals surface area contributed by atoms with Crippen LogP contribution in [-0.2, 0) is 14.9 Å². The number of fused-ring (bicyclic) bond motifs is 2. The Kier molecular flexibility index (Phi) is 5.38. The molecule has 2 aromatic rings. The smallest absolute Gasteiger partial charge is 0.348 e. The Balaban J connectivity index is 2.40. The van der Waals surface area contributed by atoms with Crippen LogP contribution in [0.2, 0.25) is 0 Å². The third-order valence-corrected chi connectivity index (χ3v) is 4.48. The summed E-state index contributed by atoms with van der Waals surface area (Å²) in [6.07, 6.45) is -6.32. The molecule has 152 valence electrons. The van der Waals surface area contributed by atoms with Crippen LogP contribution in [0.4, 0.5) is 29.1 Å². The average molecular weight is 398 g/mol. The summed E-state index contributed by atoms with van der Waals surface area (Å²) in [7, 11) is 0. The fraction of sp³-hybridized carbons (Fsp3) is 0.450. The Bertz CT molecular complexity index is 844. The van der Waals surface area contributed by atoms with Gasteiger partial charge in [-0.3, -0.25) is 0 Å². The maximum Gasteiger partial charge on any atom is 0.407 e. The van der Waals surface area contributed by atoms with Crippen LogP contribution in [0.5, 0.6) is 0 Å². The first kappa shape index (κ1) is 20.5. The predicted octanol–water partition coefficient (Wildman–Crippen LogP) is 5.30. The lowest BCUT2D eigenvalue weighted by molar-refractivity contribution is -0.286. The number of hydrogen-bond donors (Lipinski definition) is 1. The summed E-state index contributed by atoms with van der Waals surface area (Å²) in [4.78, 5) is 4.07. The number of hydrogen-bond acceptors (Lipinski definition) is 4. The molecule has 1 aromatic carbocycles. The first-order valence-corrected chi connectivity index (χ1v) is 8.97. The molecule has 1 aliphatic heterocycles. The van der Waals surface area contributed by atoms with Crippen molar-refractivity contribution in [2.45, 2.75) is 57.8 Å². The number of nitrogens with one attached hydrogen (secondary N) is 1. The van der Waals surface area contributed by atoms with E-state index >= 15 is 0 Å². The summed E-state index contributed by atoms with van der Waals surface area (Å²) in [5.74, 6) is -0.752. The fourth-order valence-corrected chi connectivity index (χ4v) is 3.47. The van der Waals surface area contributed by atoms with Crippen LogP contribution in [0, 0.1) is 5.82 Å². The maximum absolute atomic E-state index is 14.9. The van der Waals surface area contributed by atoms with Crippen molar-refractivity contribution in [3.8, 4) is 0 Å². The fourth-order valence-electron chi connectivity index (χ4n) is 3.47. The molecule has 1 aliphatic rings. The van der Waals surface area contributed by atoms with E-state index in [1.807, 2.05) is 0 Å². The van der Waals surface area contributed by atoms with E-state index in [2.05, 4.69) is 10.3 Å². The highest BCUT2D eigenvalue weighted by Crippen LogP contribution is 2.56. The number of alkyl halides is 3. The second kappa shape index (κ2) is 7.33. The molecule has 0 fully saturated rings. The van der Waals surface area contributed by atoms with Gasteiger partial charge in [0.2, 0.25) is 0 Å². The highest BCUT2D eigenvalue weighted by atomic mass is 19.4. The summed E-state index contributed by atoms with van der Waals surface area (Å²) < 4.78 is 70.1. The van der Waals surface area contributed by atoms with E-state index in [0.717, 1.165) is 12.1 Å². The summed E-state index contributed by atoms with van der Waals surface area (Å²) in [6, 6.07) is 5.98. The van der Waals surface area contributed by atoms with E-state index in [9.17, 15) is 17.6 Å². The molecule has 4 nitrogen and oxygen atoms in total. The first-order valence-electron chi connectivity index (χ1n) is 8.97. The van der Waals surface area contributed by atoms with Crippen molar-refractivity contribution < 1.29 is 27.0 Å². The Labute approximate surface area is 160 Å². The van der Waals surface area contributed by atoms with Gasteiger partial charge in [0.05, 0.1) is 12.2 Å². The normalized spacial score (nSPS) is 19.0. The number of aromatic nitrogens is 1. The van der Waals surface area contributed by atoms with Gasteiger partial charge in [-0.05, 0) is 52.0 Å². The minimum atomic E-state index is -4.86. The Morgan fingerprint density at radius 3 is 2.21 bits per heavy atom. The minimum Gasteiger partial charge on any atom is -0.348 e. The predicted molar refractivity (Wildman–Crippen MR) is 97.0 cm³/mol. The van der Waals surface area contributed by atoms with Crippen LogP contribution in [0.15, 0.2) is 36.5 Å². The number of ether oxygens (including phenoxy) is 2. The summed E-state index contributed by atoms with van der Waals surface area (Å²) in [5.41, 5.74) is -3.12. The minimum absolute atomic E-state index is 0.0312. The Morgan fingerprint density at radius 2 is 1.64 bits per heavy atom. The van der Waals surface area contributed by atoms with E-state index in [1.54, 1.807) is 27.7 Å². The lowest BCUT2D eigenvalue weighted by atomic mass is 9.70. The zero-order valence-corrected chi connectivity index (χ0v) is 16.0. The molecular weight excluding hydrogens is 376 g/mol. The van der Waals surface area contributed by atoms with E-state index in [1.165, 1.54) is 24.4 Å². The van der Waals surface area contributed by atoms with Gasteiger partial charge in [0.1, 0.15) is 11.6 Å². The van der Waals surface area contributed by atoms with E-state index in [0.29, 0.717) is 0 Å². The highest BCUT2D eigenvalue weighted by molar-refractivity contribution is 5.74. The van der Waals surface area contributed by atoms with Gasteiger partial charge in [-0.2, -0.15) is 13.2 Å². The first-order chi connectivity index (χ1) is 13.1. The monoisotopic (exact) mass is 398 g/mol. The van der Waals surface area contributed by atoms with Crippen LogP contribution in [0.25, 0.3) is 0 Å². The van der Waals surface area contributed by atoms with Gasteiger partial charge in [0, 0.05) is 23.0 Å². The van der Waals surface area contributed by atoms with Gasteiger partial charge in [-0.1, -0.05) is 6.07 Å². The standard InChI is InChI=1S/C20H22F4N2O2/c1-11(2)27-18(28-12(3)4)19(20(22,23)24)14-6-5-9-25-17(14)26-16-8-7-13(21)10-15(16)19/h5-12,18H,1-4H3,(H,25,26). The van der Waals surface area contributed by atoms with Gasteiger partial charge in [-0.25, -0.2) is 9.37 Å². The number of pyridine rings is 1. The molecule has 2 heterocycles. The molecule has 1 aromatic heterocycles. The lowest BCUT2D eigenvalue weighted by Crippen LogP contribution is -2.57. The number of rotatable bonds is 5. The zero-order chi connectivity index (χ0) is 20.7. The second-order valence-corrected chi connectivity index (χ2v) is 7.22. The molecule has 1 N–H and O–H groups in total. The number of nitrogens with zero attached hydrogens (tertiary/aromatic N) is 1. The molecule has 0 saturated heterocycles. The Morgan fingerprint density at radius 1 is 1.00 bits per heavy atom. The molecule has 0 aliphatic carbocycles. The quantitative estimate of drug-likeness (QED) is 0.548. The lowest BCUT2D eigenvalue weighted by Gasteiger charge is -2.46. The molecule has 0 spiro atoms. The van der Waals surface area contributed by atoms with Gasteiger partial charge in [0.25, 0.3) is 0 Å². The van der Waals surface area contributed by atoms with Crippen molar-refractivity contribution in [2.24, 2.45) is 0 Å². The van der Waals surface area contributed by atoms with E-state index in [4.69, 9.17) is 9.47 Å². The van der Waals surface area contributed by atoms with Crippen molar-refractivity contribution >= 4 is 11.5 Å². The third-order valence-electron chi connectivity index (χ3n) is 4.48. The van der Waals surface area contributed by atoms with Crippen LogP contribution in [0.3, 0.4) is 0 Å². The topological polar surface area (TPSA) is 43.4 Å². The molecule has 0 saturated carbocycles. The second-order valence-electron chi connectivity index (χ2n) is 7.22. The average Bonchev–Trinajstić information content (AvgIpc) is 2.57. The van der Waals surface area contributed by atoms with Crippen molar-refractivity contribution in [1.29, 1.82) is 0 Å². The van der Waals surface area contributed by atoms with Crippen LogP contribution >= 0.6 is 0 Å². The van der Waals surface area contributed by atoms with E-state index in [-0.39, 0.29) is 22.6 Å². The van der Waals surface area contributed by atoms with Crippen LogP contribution in [-0.4, -0.2) is 29.7 Å². The highest BCUT2D eigenvalue weighted by Gasteiger charge is 2.66. The number of anilines is 2. The van der Waals surface area contributed by atoms with Crippen LogP contribution < -0.4 is 5.32 Å². The Hall–Kier alpha value is -2.19. The van der Waals surface area contributed by atoms with Crippen LogP contribution in [0.1, 0.15) is 38.8 Å². The summed E-state index contributed by atoms with van der Waals surface area (Å²) >= 11 is 0. The maximum atomic E-state index is 14.9. The van der Waals surface area contributed by atoms with Gasteiger partial charge in [-0.15, -0.1) is 0 Å². The molecular formula is C20H22F4N2O2.